The Hall–Kier alpha value is -3.30. The van der Waals surface area contributed by atoms with E-state index in [1.165, 1.54) is 11.3 Å². The van der Waals surface area contributed by atoms with E-state index in [0.29, 0.717) is 31.9 Å². The largest absolute Gasteiger partial charge is 0.384 e. The Kier molecular flexibility index (Phi) is 5.13. The molecule has 1 aliphatic heterocycles. The number of nitrogens with two attached hydrogens (primary N) is 1. The van der Waals surface area contributed by atoms with Crippen molar-refractivity contribution < 1.29 is 9.53 Å². The predicted molar refractivity (Wildman–Crippen MR) is 121 cm³/mol. The summed E-state index contributed by atoms with van der Waals surface area (Å²) < 4.78 is 6.32. The number of H-pyrrole nitrogens is 1. The number of ether oxygens (including phenoxy) is 1. The minimum atomic E-state index is -0.291. The summed E-state index contributed by atoms with van der Waals surface area (Å²) in [6.45, 7) is 2.34. The fraction of sp³-hybridized carbons (Fsp3) is 0.273. The molecule has 5 rings (SSSR count). The Balaban J connectivity index is 1.54. The summed E-state index contributed by atoms with van der Waals surface area (Å²) in [5, 5.41) is 8.51. The molecule has 4 aromatic rings. The van der Waals surface area contributed by atoms with Crippen LogP contribution in [-0.2, 0) is 9.53 Å². The molecular weight excluding hydrogens is 412 g/mol. The second kappa shape index (κ2) is 8.09. The Bertz CT molecular complexity index is 1240. The molecule has 1 aliphatic rings. The van der Waals surface area contributed by atoms with Gasteiger partial charge >= 0.3 is 0 Å². The van der Waals surface area contributed by atoms with Gasteiger partial charge in [0.05, 0.1) is 40.4 Å². The number of fused-ring (bicyclic) bond motifs is 2. The first-order chi connectivity index (χ1) is 15.1. The van der Waals surface area contributed by atoms with E-state index in [2.05, 4.69) is 4.98 Å². The molecule has 2 aromatic heterocycles. The van der Waals surface area contributed by atoms with Crippen LogP contribution in [0.25, 0.3) is 21.3 Å². The van der Waals surface area contributed by atoms with Gasteiger partial charge in [-0.2, -0.15) is 0 Å². The highest BCUT2D eigenvalue weighted by Gasteiger charge is 2.28. The number of amides is 1. The maximum absolute atomic E-state index is 13.1. The molecule has 0 spiro atoms. The van der Waals surface area contributed by atoms with E-state index >= 15 is 0 Å². The number of hydrogen-bond acceptors (Lipinski definition) is 6. The molecule has 0 aliphatic carbocycles. The number of benzene rings is 2. The SMILES string of the molecule is N=C(N)c1ccc2nc(C(CC(=O)N3CCOCC3)c3nc4ccccc4[nH]3)sc2c1. The maximum Gasteiger partial charge on any atom is 0.223 e. The summed E-state index contributed by atoms with van der Waals surface area (Å²) in [6, 6.07) is 13.4. The number of carbonyl (C=O) groups excluding carboxylic acids is 1. The molecule has 31 heavy (non-hydrogen) atoms. The van der Waals surface area contributed by atoms with E-state index in [-0.39, 0.29) is 24.1 Å². The molecule has 9 heteroatoms. The minimum Gasteiger partial charge on any atom is -0.384 e. The Labute approximate surface area is 182 Å². The van der Waals surface area contributed by atoms with Crippen LogP contribution in [0.4, 0.5) is 0 Å². The highest BCUT2D eigenvalue weighted by molar-refractivity contribution is 7.18. The monoisotopic (exact) mass is 434 g/mol. The molecule has 8 nitrogen and oxygen atoms in total. The number of para-hydroxylation sites is 2. The van der Waals surface area contributed by atoms with Crippen molar-refractivity contribution in [2.45, 2.75) is 12.3 Å². The van der Waals surface area contributed by atoms with Crippen molar-refractivity contribution in [1.82, 2.24) is 19.9 Å². The summed E-state index contributed by atoms with van der Waals surface area (Å²) in [7, 11) is 0. The first-order valence-electron chi connectivity index (χ1n) is 10.1. The van der Waals surface area contributed by atoms with Crippen LogP contribution in [0.15, 0.2) is 42.5 Å². The molecule has 0 radical (unpaired) electrons. The summed E-state index contributed by atoms with van der Waals surface area (Å²) in [5.74, 6) is 0.528. The van der Waals surface area contributed by atoms with Crippen LogP contribution >= 0.6 is 11.3 Å². The van der Waals surface area contributed by atoms with Crippen LogP contribution in [0, 0.1) is 5.41 Å². The van der Waals surface area contributed by atoms with E-state index in [9.17, 15) is 4.79 Å². The molecule has 0 bridgehead atoms. The zero-order valence-electron chi connectivity index (χ0n) is 16.8. The second-order valence-corrected chi connectivity index (χ2v) is 8.60. The summed E-state index contributed by atoms with van der Waals surface area (Å²) in [6.07, 6.45) is 0.277. The van der Waals surface area contributed by atoms with Crippen molar-refractivity contribution in [3.8, 4) is 0 Å². The van der Waals surface area contributed by atoms with Gasteiger partial charge in [-0.3, -0.25) is 10.2 Å². The second-order valence-electron chi connectivity index (χ2n) is 7.54. The van der Waals surface area contributed by atoms with Crippen LogP contribution in [0.5, 0.6) is 0 Å². The molecule has 1 amide bonds. The highest BCUT2D eigenvalue weighted by atomic mass is 32.1. The molecule has 2 aromatic carbocycles. The number of nitrogen functional groups attached to an aromatic ring is 1. The molecule has 0 saturated carbocycles. The van der Waals surface area contributed by atoms with Gasteiger partial charge in [-0.25, -0.2) is 9.97 Å². The van der Waals surface area contributed by atoms with Crippen LogP contribution in [0.2, 0.25) is 0 Å². The molecule has 4 N–H and O–H groups in total. The van der Waals surface area contributed by atoms with E-state index in [1.807, 2.05) is 41.3 Å². The number of nitrogens with zero attached hydrogens (tertiary/aromatic N) is 3. The molecule has 1 unspecified atom stereocenters. The fourth-order valence-electron chi connectivity index (χ4n) is 3.81. The Morgan fingerprint density at radius 1 is 1.19 bits per heavy atom. The lowest BCUT2D eigenvalue weighted by molar-refractivity contribution is -0.135. The van der Waals surface area contributed by atoms with Gasteiger partial charge in [-0.05, 0) is 30.3 Å². The van der Waals surface area contributed by atoms with Gasteiger partial charge in [-0.1, -0.05) is 12.1 Å². The lowest BCUT2D eigenvalue weighted by atomic mass is 10.0. The quantitative estimate of drug-likeness (QED) is 0.329. The Morgan fingerprint density at radius 3 is 2.77 bits per heavy atom. The number of aromatic nitrogens is 3. The molecule has 158 valence electrons. The van der Waals surface area contributed by atoms with Gasteiger partial charge in [0.2, 0.25) is 5.91 Å². The third kappa shape index (κ3) is 3.89. The Morgan fingerprint density at radius 2 is 2.00 bits per heavy atom. The average molecular weight is 435 g/mol. The minimum absolute atomic E-state index is 0.0215. The third-order valence-corrected chi connectivity index (χ3v) is 6.63. The average Bonchev–Trinajstić information content (AvgIpc) is 3.41. The maximum atomic E-state index is 13.1. The van der Waals surface area contributed by atoms with Crippen molar-refractivity contribution in [3.63, 3.8) is 0 Å². The number of carbonyl (C=O) groups is 1. The normalized spacial score (nSPS) is 15.4. The van der Waals surface area contributed by atoms with E-state index < -0.39 is 0 Å². The number of amidine groups is 1. The van der Waals surface area contributed by atoms with Crippen molar-refractivity contribution in [2.75, 3.05) is 26.3 Å². The lowest BCUT2D eigenvalue weighted by Crippen LogP contribution is -2.41. The highest BCUT2D eigenvalue weighted by Crippen LogP contribution is 2.34. The van der Waals surface area contributed by atoms with Crippen molar-refractivity contribution in [1.29, 1.82) is 5.41 Å². The molecule has 3 heterocycles. The fourth-order valence-corrected chi connectivity index (χ4v) is 4.92. The third-order valence-electron chi connectivity index (χ3n) is 5.49. The van der Waals surface area contributed by atoms with Crippen molar-refractivity contribution >= 4 is 44.3 Å². The van der Waals surface area contributed by atoms with Crippen LogP contribution in [0.3, 0.4) is 0 Å². The van der Waals surface area contributed by atoms with Gasteiger partial charge in [0.1, 0.15) is 16.7 Å². The number of hydrogen-bond donors (Lipinski definition) is 3. The van der Waals surface area contributed by atoms with Gasteiger partial charge in [-0.15, -0.1) is 11.3 Å². The molecule has 1 atom stereocenters. The first-order valence-corrected chi connectivity index (χ1v) is 10.9. The number of imidazole rings is 1. The van der Waals surface area contributed by atoms with Gasteiger partial charge < -0.3 is 20.4 Å². The number of aromatic amines is 1. The summed E-state index contributed by atoms with van der Waals surface area (Å²) in [5.41, 5.74) is 8.92. The first kappa shape index (κ1) is 19.7. The number of nitrogens with one attached hydrogen (secondary N) is 2. The lowest BCUT2D eigenvalue weighted by Gasteiger charge is -2.28. The zero-order valence-corrected chi connectivity index (χ0v) is 17.6. The molecular formula is C22H22N6O2S. The van der Waals surface area contributed by atoms with Gasteiger partial charge in [0.25, 0.3) is 0 Å². The molecule has 1 fully saturated rings. The van der Waals surface area contributed by atoms with Crippen molar-refractivity contribution in [2.24, 2.45) is 5.73 Å². The summed E-state index contributed by atoms with van der Waals surface area (Å²) >= 11 is 1.51. The number of thiazole rings is 1. The molecule has 1 saturated heterocycles. The van der Waals surface area contributed by atoms with E-state index in [4.69, 9.17) is 25.8 Å². The predicted octanol–water partition coefficient (Wildman–Crippen LogP) is 2.84. The topological polar surface area (TPSA) is 121 Å². The zero-order chi connectivity index (χ0) is 21.4. The van der Waals surface area contributed by atoms with E-state index in [1.54, 1.807) is 6.07 Å². The number of rotatable bonds is 5. The van der Waals surface area contributed by atoms with Crippen molar-refractivity contribution in [3.05, 3.63) is 58.9 Å². The standard InChI is InChI=1S/C22H22N6O2S/c23-20(24)13-5-6-17-18(11-13)31-22(27-17)14(12-19(29)28-7-9-30-10-8-28)21-25-15-3-1-2-4-16(15)26-21/h1-6,11,14H,7-10,12H2,(H3,23,24)(H,25,26). The number of morpholine rings is 1. The van der Waals surface area contributed by atoms with Gasteiger partial charge in [0.15, 0.2) is 0 Å². The van der Waals surface area contributed by atoms with Crippen LogP contribution < -0.4 is 5.73 Å². The smallest absolute Gasteiger partial charge is 0.223 e. The van der Waals surface area contributed by atoms with E-state index in [0.717, 1.165) is 32.1 Å². The van der Waals surface area contributed by atoms with Crippen LogP contribution in [-0.4, -0.2) is 57.9 Å². The summed E-state index contributed by atoms with van der Waals surface area (Å²) in [4.78, 5) is 27.9. The van der Waals surface area contributed by atoms with Crippen LogP contribution in [0.1, 0.15) is 28.7 Å². The van der Waals surface area contributed by atoms with Gasteiger partial charge in [0, 0.05) is 25.1 Å².